The SMILES string of the molecule is CCCNc1ncc(C(=O)N(C)C2CC2)cc1Cl. The van der Waals surface area contributed by atoms with Gasteiger partial charge in [-0.25, -0.2) is 4.98 Å². The maximum absolute atomic E-state index is 12.1. The van der Waals surface area contributed by atoms with E-state index in [1.165, 1.54) is 0 Å². The van der Waals surface area contributed by atoms with Crippen LogP contribution in [0.15, 0.2) is 12.3 Å². The molecule has 2 rings (SSSR count). The van der Waals surface area contributed by atoms with Crippen molar-refractivity contribution in [3.63, 3.8) is 0 Å². The predicted molar refractivity (Wildman–Crippen MR) is 73.1 cm³/mol. The molecule has 1 aromatic rings. The van der Waals surface area contributed by atoms with Gasteiger partial charge in [-0.05, 0) is 25.3 Å². The Hall–Kier alpha value is -1.29. The molecule has 1 saturated carbocycles. The van der Waals surface area contributed by atoms with Gasteiger partial charge in [0.2, 0.25) is 0 Å². The Kier molecular flexibility index (Phi) is 4.07. The molecule has 1 aromatic heterocycles. The summed E-state index contributed by atoms with van der Waals surface area (Å²) in [4.78, 5) is 18.1. The Balaban J connectivity index is 2.09. The molecule has 5 heteroatoms. The first-order chi connectivity index (χ1) is 8.63. The summed E-state index contributed by atoms with van der Waals surface area (Å²) >= 11 is 6.11. The number of anilines is 1. The molecule has 1 N–H and O–H groups in total. The fourth-order valence-corrected chi connectivity index (χ4v) is 1.99. The molecule has 0 bridgehead atoms. The number of pyridine rings is 1. The van der Waals surface area contributed by atoms with Gasteiger partial charge in [0.25, 0.3) is 5.91 Å². The third kappa shape index (κ3) is 2.93. The van der Waals surface area contributed by atoms with Gasteiger partial charge in [-0.2, -0.15) is 0 Å². The smallest absolute Gasteiger partial charge is 0.255 e. The highest BCUT2D eigenvalue weighted by atomic mass is 35.5. The molecule has 1 aliphatic rings. The number of nitrogens with one attached hydrogen (secondary N) is 1. The van der Waals surface area contributed by atoms with Crippen LogP contribution >= 0.6 is 11.6 Å². The monoisotopic (exact) mass is 267 g/mol. The van der Waals surface area contributed by atoms with Crippen molar-refractivity contribution in [3.05, 3.63) is 22.8 Å². The largest absolute Gasteiger partial charge is 0.369 e. The molecule has 98 valence electrons. The quantitative estimate of drug-likeness (QED) is 0.892. The van der Waals surface area contributed by atoms with E-state index in [0.29, 0.717) is 22.4 Å². The van der Waals surface area contributed by atoms with E-state index in [0.717, 1.165) is 25.8 Å². The van der Waals surface area contributed by atoms with Gasteiger partial charge in [0.1, 0.15) is 5.82 Å². The maximum atomic E-state index is 12.1. The van der Waals surface area contributed by atoms with Crippen LogP contribution in [0.3, 0.4) is 0 Å². The van der Waals surface area contributed by atoms with E-state index in [1.54, 1.807) is 17.2 Å². The van der Waals surface area contributed by atoms with E-state index < -0.39 is 0 Å². The van der Waals surface area contributed by atoms with Crippen LogP contribution in [0.5, 0.6) is 0 Å². The minimum Gasteiger partial charge on any atom is -0.369 e. The van der Waals surface area contributed by atoms with Crippen LogP contribution in [-0.4, -0.2) is 35.4 Å². The van der Waals surface area contributed by atoms with Gasteiger partial charge in [0, 0.05) is 25.8 Å². The summed E-state index contributed by atoms with van der Waals surface area (Å²) in [7, 11) is 1.83. The van der Waals surface area contributed by atoms with Crippen LogP contribution in [0.4, 0.5) is 5.82 Å². The maximum Gasteiger partial charge on any atom is 0.255 e. The van der Waals surface area contributed by atoms with Crippen molar-refractivity contribution in [2.75, 3.05) is 18.9 Å². The van der Waals surface area contributed by atoms with Gasteiger partial charge in [-0.15, -0.1) is 0 Å². The molecule has 0 spiro atoms. The van der Waals surface area contributed by atoms with Crippen molar-refractivity contribution >= 4 is 23.3 Å². The molecule has 18 heavy (non-hydrogen) atoms. The molecule has 0 radical (unpaired) electrons. The molecule has 0 unspecified atom stereocenters. The van der Waals surface area contributed by atoms with Crippen molar-refractivity contribution in [1.29, 1.82) is 0 Å². The van der Waals surface area contributed by atoms with Crippen LogP contribution in [-0.2, 0) is 0 Å². The summed E-state index contributed by atoms with van der Waals surface area (Å²) in [6.07, 6.45) is 4.78. The minimum absolute atomic E-state index is 0.00561. The second-order valence-electron chi connectivity index (χ2n) is 4.63. The van der Waals surface area contributed by atoms with Crippen LogP contribution in [0, 0.1) is 0 Å². The first-order valence-corrected chi connectivity index (χ1v) is 6.68. The van der Waals surface area contributed by atoms with E-state index in [9.17, 15) is 4.79 Å². The number of hydrogen-bond acceptors (Lipinski definition) is 3. The molecule has 1 aliphatic carbocycles. The lowest BCUT2D eigenvalue weighted by molar-refractivity contribution is 0.0784. The van der Waals surface area contributed by atoms with Gasteiger partial charge >= 0.3 is 0 Å². The number of amides is 1. The van der Waals surface area contributed by atoms with Gasteiger partial charge in [-0.1, -0.05) is 18.5 Å². The second-order valence-corrected chi connectivity index (χ2v) is 5.04. The van der Waals surface area contributed by atoms with Crippen molar-refractivity contribution < 1.29 is 4.79 Å². The second kappa shape index (κ2) is 5.57. The topological polar surface area (TPSA) is 45.2 Å². The molecule has 0 atom stereocenters. The average Bonchev–Trinajstić information content (AvgIpc) is 3.19. The van der Waals surface area contributed by atoms with E-state index >= 15 is 0 Å². The zero-order valence-corrected chi connectivity index (χ0v) is 11.5. The summed E-state index contributed by atoms with van der Waals surface area (Å²) in [6, 6.07) is 2.09. The Morgan fingerprint density at radius 2 is 2.33 bits per heavy atom. The average molecular weight is 268 g/mol. The van der Waals surface area contributed by atoms with Crippen molar-refractivity contribution in [1.82, 2.24) is 9.88 Å². The lowest BCUT2D eigenvalue weighted by Gasteiger charge is -2.16. The Bertz CT molecular complexity index is 446. The Morgan fingerprint density at radius 1 is 1.61 bits per heavy atom. The highest BCUT2D eigenvalue weighted by Gasteiger charge is 2.30. The van der Waals surface area contributed by atoms with E-state index in [-0.39, 0.29) is 5.91 Å². The predicted octanol–water partition coefficient (Wildman–Crippen LogP) is 2.79. The number of carbonyl (C=O) groups excluding carboxylic acids is 1. The van der Waals surface area contributed by atoms with E-state index in [1.807, 2.05) is 7.05 Å². The molecular formula is C13H18ClN3O. The lowest BCUT2D eigenvalue weighted by atomic mass is 10.2. The van der Waals surface area contributed by atoms with Crippen LogP contribution < -0.4 is 5.32 Å². The van der Waals surface area contributed by atoms with E-state index in [4.69, 9.17) is 11.6 Å². The summed E-state index contributed by atoms with van der Waals surface area (Å²) in [5.74, 6) is 0.637. The normalized spacial score (nSPS) is 14.4. The van der Waals surface area contributed by atoms with Crippen LogP contribution in [0.1, 0.15) is 36.5 Å². The number of halogens is 1. The fraction of sp³-hybridized carbons (Fsp3) is 0.538. The first kappa shape index (κ1) is 13.1. The van der Waals surface area contributed by atoms with Crippen LogP contribution in [0.2, 0.25) is 5.02 Å². The van der Waals surface area contributed by atoms with Gasteiger partial charge in [0.05, 0.1) is 10.6 Å². The Labute approximate surface area is 112 Å². The molecule has 4 nitrogen and oxygen atoms in total. The zero-order chi connectivity index (χ0) is 13.1. The standard InChI is InChI=1S/C13H18ClN3O/c1-3-6-15-12-11(14)7-9(8-16-12)13(18)17(2)10-4-5-10/h7-8,10H,3-6H2,1-2H3,(H,15,16). The summed E-state index contributed by atoms with van der Waals surface area (Å²) in [5, 5.41) is 3.62. The number of aromatic nitrogens is 1. The third-order valence-electron chi connectivity index (χ3n) is 3.05. The highest BCUT2D eigenvalue weighted by molar-refractivity contribution is 6.33. The third-order valence-corrected chi connectivity index (χ3v) is 3.33. The summed E-state index contributed by atoms with van der Waals surface area (Å²) in [6.45, 7) is 2.89. The molecule has 0 aliphatic heterocycles. The van der Waals surface area contributed by atoms with Gasteiger partial charge in [0.15, 0.2) is 0 Å². The number of nitrogens with zero attached hydrogens (tertiary/aromatic N) is 2. The van der Waals surface area contributed by atoms with Crippen molar-refractivity contribution in [2.24, 2.45) is 0 Å². The Morgan fingerprint density at radius 3 is 2.89 bits per heavy atom. The number of rotatable bonds is 5. The van der Waals surface area contributed by atoms with E-state index in [2.05, 4.69) is 17.2 Å². The molecule has 0 aromatic carbocycles. The fourth-order valence-electron chi connectivity index (χ4n) is 1.76. The molecule has 1 fully saturated rings. The summed E-state index contributed by atoms with van der Waals surface area (Å²) < 4.78 is 0. The summed E-state index contributed by atoms with van der Waals surface area (Å²) in [5.41, 5.74) is 0.552. The minimum atomic E-state index is -0.00561. The molecule has 0 saturated heterocycles. The van der Waals surface area contributed by atoms with Crippen molar-refractivity contribution in [3.8, 4) is 0 Å². The molecule has 1 amide bonds. The first-order valence-electron chi connectivity index (χ1n) is 6.30. The molecular weight excluding hydrogens is 250 g/mol. The van der Waals surface area contributed by atoms with Gasteiger partial charge < -0.3 is 10.2 Å². The van der Waals surface area contributed by atoms with Gasteiger partial charge in [-0.3, -0.25) is 4.79 Å². The zero-order valence-electron chi connectivity index (χ0n) is 10.7. The number of hydrogen-bond donors (Lipinski definition) is 1. The lowest BCUT2D eigenvalue weighted by Crippen LogP contribution is -2.28. The number of carbonyl (C=O) groups is 1. The highest BCUT2D eigenvalue weighted by Crippen LogP contribution is 2.27. The van der Waals surface area contributed by atoms with Crippen LogP contribution in [0.25, 0.3) is 0 Å². The van der Waals surface area contributed by atoms with Crippen molar-refractivity contribution in [2.45, 2.75) is 32.2 Å². The molecule has 1 heterocycles.